The van der Waals surface area contributed by atoms with Gasteiger partial charge >= 0.3 is 5.97 Å². The number of hydrogen-bond donors (Lipinski definition) is 0. The van der Waals surface area contributed by atoms with Crippen LogP contribution in [0.3, 0.4) is 0 Å². The van der Waals surface area contributed by atoms with Crippen LogP contribution in [0.2, 0.25) is 0 Å². The van der Waals surface area contributed by atoms with Gasteiger partial charge in [-0.15, -0.1) is 11.3 Å². The fourth-order valence-electron chi connectivity index (χ4n) is 2.40. The van der Waals surface area contributed by atoms with Crippen molar-refractivity contribution in [2.45, 2.75) is 31.2 Å². The van der Waals surface area contributed by atoms with Crippen molar-refractivity contribution in [3.8, 4) is 0 Å². The summed E-state index contributed by atoms with van der Waals surface area (Å²) in [6.45, 7) is 0.196. The van der Waals surface area contributed by atoms with E-state index in [2.05, 4.69) is 9.72 Å². The van der Waals surface area contributed by atoms with Gasteiger partial charge in [0, 0.05) is 11.4 Å². The third-order valence-corrected chi connectivity index (χ3v) is 6.41. The van der Waals surface area contributed by atoms with Gasteiger partial charge in [-0.3, -0.25) is 0 Å². The highest BCUT2D eigenvalue weighted by Gasteiger charge is 2.37. The average molecular weight is 366 g/mol. The van der Waals surface area contributed by atoms with Gasteiger partial charge in [0.1, 0.15) is 5.01 Å². The lowest BCUT2D eigenvalue weighted by Gasteiger charge is -2.20. The molecular formula is C16H18N2O4S2. The maximum Gasteiger partial charge on any atom is 0.357 e. The largest absolute Gasteiger partial charge is 0.464 e. The Morgan fingerprint density at radius 2 is 2.04 bits per heavy atom. The van der Waals surface area contributed by atoms with Gasteiger partial charge in [0.2, 0.25) is 10.0 Å². The zero-order valence-corrected chi connectivity index (χ0v) is 14.8. The molecule has 1 aliphatic carbocycles. The molecule has 1 heterocycles. The van der Waals surface area contributed by atoms with Gasteiger partial charge in [0.25, 0.3) is 0 Å². The van der Waals surface area contributed by atoms with Crippen LogP contribution in [0.1, 0.15) is 33.9 Å². The standard InChI is InChI=1S/C16H18N2O4S2/c1-22-16(19)14-10-23-15(17-14)9-18(13-7-8-13)24(20,21)11-12-5-3-2-4-6-12/h2-6,10,13H,7-9,11H2,1H3. The van der Waals surface area contributed by atoms with Gasteiger partial charge < -0.3 is 4.74 Å². The fourth-order valence-corrected chi connectivity index (χ4v) is 5.01. The maximum absolute atomic E-state index is 12.8. The molecule has 1 aliphatic rings. The molecule has 0 bridgehead atoms. The van der Waals surface area contributed by atoms with Gasteiger partial charge in [-0.05, 0) is 18.4 Å². The summed E-state index contributed by atoms with van der Waals surface area (Å²) in [7, 11) is -2.15. The van der Waals surface area contributed by atoms with E-state index >= 15 is 0 Å². The highest BCUT2D eigenvalue weighted by molar-refractivity contribution is 7.88. The van der Waals surface area contributed by atoms with Crippen molar-refractivity contribution in [1.82, 2.24) is 9.29 Å². The normalized spacial score (nSPS) is 14.8. The predicted octanol–water partition coefficient (Wildman–Crippen LogP) is 2.42. The van der Waals surface area contributed by atoms with Crippen molar-refractivity contribution < 1.29 is 17.9 Å². The van der Waals surface area contributed by atoms with Crippen LogP contribution in [0.15, 0.2) is 35.7 Å². The molecule has 0 spiro atoms. The number of esters is 1. The molecule has 0 amide bonds. The number of thiazole rings is 1. The Morgan fingerprint density at radius 3 is 2.67 bits per heavy atom. The summed E-state index contributed by atoms with van der Waals surface area (Å²) in [5.41, 5.74) is 0.978. The first kappa shape index (κ1) is 17.1. The number of carbonyl (C=O) groups is 1. The first-order chi connectivity index (χ1) is 11.5. The van der Waals surface area contributed by atoms with Crippen molar-refractivity contribution in [3.05, 3.63) is 52.0 Å². The maximum atomic E-state index is 12.8. The molecule has 3 rings (SSSR count). The lowest BCUT2D eigenvalue weighted by atomic mass is 10.2. The molecule has 24 heavy (non-hydrogen) atoms. The molecule has 128 valence electrons. The van der Waals surface area contributed by atoms with Crippen LogP contribution in [0, 0.1) is 0 Å². The van der Waals surface area contributed by atoms with Gasteiger partial charge in [0.15, 0.2) is 5.69 Å². The number of benzene rings is 1. The van der Waals surface area contributed by atoms with E-state index in [0.29, 0.717) is 5.01 Å². The summed E-state index contributed by atoms with van der Waals surface area (Å²) in [6.07, 6.45) is 1.73. The third kappa shape index (κ3) is 4.00. The molecule has 1 saturated carbocycles. The zero-order chi connectivity index (χ0) is 17.2. The minimum absolute atomic E-state index is 0.0282. The molecular weight excluding hydrogens is 348 g/mol. The summed E-state index contributed by atoms with van der Waals surface area (Å²) in [4.78, 5) is 15.7. The second-order valence-corrected chi connectivity index (χ2v) is 8.50. The van der Waals surface area contributed by atoms with E-state index in [1.54, 1.807) is 17.5 Å². The average Bonchev–Trinajstić information content (AvgIpc) is 3.29. The van der Waals surface area contributed by atoms with E-state index in [1.807, 2.05) is 18.2 Å². The number of sulfonamides is 1. The first-order valence-electron chi connectivity index (χ1n) is 7.56. The number of nitrogens with zero attached hydrogens (tertiary/aromatic N) is 2. The molecule has 1 aromatic carbocycles. The highest BCUT2D eigenvalue weighted by Crippen LogP contribution is 2.32. The minimum Gasteiger partial charge on any atom is -0.464 e. The van der Waals surface area contributed by atoms with Crippen molar-refractivity contribution in [3.63, 3.8) is 0 Å². The van der Waals surface area contributed by atoms with Crippen molar-refractivity contribution in [2.75, 3.05) is 7.11 Å². The second-order valence-electron chi connectivity index (χ2n) is 5.64. The summed E-state index contributed by atoms with van der Waals surface area (Å²) in [6, 6.07) is 9.16. The molecule has 6 nitrogen and oxygen atoms in total. The summed E-state index contributed by atoms with van der Waals surface area (Å²) < 4.78 is 31.7. The summed E-state index contributed by atoms with van der Waals surface area (Å²) in [5, 5.41) is 2.19. The van der Waals surface area contributed by atoms with Crippen molar-refractivity contribution in [2.24, 2.45) is 0 Å². The number of ether oxygens (including phenoxy) is 1. The Morgan fingerprint density at radius 1 is 1.33 bits per heavy atom. The molecule has 8 heteroatoms. The lowest BCUT2D eigenvalue weighted by molar-refractivity contribution is 0.0594. The minimum atomic E-state index is -3.44. The second kappa shape index (κ2) is 7.00. The van der Waals surface area contributed by atoms with Crippen molar-refractivity contribution >= 4 is 27.3 Å². The fraction of sp³-hybridized carbons (Fsp3) is 0.375. The lowest BCUT2D eigenvalue weighted by Crippen LogP contribution is -2.33. The van der Waals surface area contributed by atoms with Crippen molar-refractivity contribution in [1.29, 1.82) is 0 Å². The molecule has 0 saturated heterocycles. The topological polar surface area (TPSA) is 76.6 Å². The number of methoxy groups -OCH3 is 1. The monoisotopic (exact) mass is 366 g/mol. The molecule has 0 radical (unpaired) electrons. The van der Waals surface area contributed by atoms with Crippen LogP contribution >= 0.6 is 11.3 Å². The Balaban J connectivity index is 1.77. The number of carbonyl (C=O) groups excluding carboxylic acids is 1. The molecule has 0 N–H and O–H groups in total. The highest BCUT2D eigenvalue weighted by atomic mass is 32.2. The van der Waals surface area contributed by atoms with Gasteiger partial charge in [-0.25, -0.2) is 18.2 Å². The Bertz CT molecular complexity index is 814. The molecule has 0 atom stereocenters. The number of aromatic nitrogens is 1. The molecule has 0 unspecified atom stereocenters. The quantitative estimate of drug-likeness (QED) is 0.704. The van der Waals surface area contributed by atoms with E-state index in [9.17, 15) is 13.2 Å². The van der Waals surface area contributed by atoms with E-state index in [4.69, 9.17) is 0 Å². The van der Waals surface area contributed by atoms with Crippen LogP contribution in [0.5, 0.6) is 0 Å². The Kier molecular flexibility index (Phi) is 4.98. The van der Waals surface area contributed by atoms with Gasteiger partial charge in [-0.2, -0.15) is 4.31 Å². The Hall–Kier alpha value is -1.77. The Labute approximate surface area is 145 Å². The predicted molar refractivity (Wildman–Crippen MR) is 91.1 cm³/mol. The van der Waals surface area contributed by atoms with Crippen LogP contribution in [-0.4, -0.2) is 36.8 Å². The van der Waals surface area contributed by atoms with E-state index in [1.165, 1.54) is 22.8 Å². The van der Waals surface area contributed by atoms with Crippen LogP contribution in [0.25, 0.3) is 0 Å². The van der Waals surface area contributed by atoms with E-state index in [0.717, 1.165) is 18.4 Å². The molecule has 0 aliphatic heterocycles. The SMILES string of the molecule is COC(=O)c1csc(CN(C2CC2)S(=O)(=O)Cc2ccccc2)n1. The van der Waals surface area contributed by atoms with E-state index < -0.39 is 16.0 Å². The molecule has 1 fully saturated rings. The molecule has 2 aromatic rings. The van der Waals surface area contributed by atoms with Crippen LogP contribution < -0.4 is 0 Å². The summed E-state index contributed by atoms with van der Waals surface area (Å²) in [5.74, 6) is -0.540. The zero-order valence-electron chi connectivity index (χ0n) is 13.2. The van der Waals surface area contributed by atoms with Crippen LogP contribution in [-0.2, 0) is 27.1 Å². The number of rotatable bonds is 7. The van der Waals surface area contributed by atoms with Crippen LogP contribution in [0.4, 0.5) is 0 Å². The summed E-state index contributed by atoms with van der Waals surface area (Å²) >= 11 is 1.27. The molecule has 1 aromatic heterocycles. The van der Waals surface area contributed by atoms with Gasteiger partial charge in [-0.1, -0.05) is 30.3 Å². The smallest absolute Gasteiger partial charge is 0.357 e. The van der Waals surface area contributed by atoms with E-state index in [-0.39, 0.29) is 24.0 Å². The number of hydrogen-bond acceptors (Lipinski definition) is 6. The van der Waals surface area contributed by atoms with Gasteiger partial charge in [0.05, 0.1) is 19.4 Å². The first-order valence-corrected chi connectivity index (χ1v) is 10.0. The third-order valence-electron chi connectivity index (χ3n) is 3.74.